The Morgan fingerprint density at radius 1 is 1.12 bits per heavy atom. The lowest BCUT2D eigenvalue weighted by atomic mass is 10.0. The number of piperazine rings is 1. The van der Waals surface area contributed by atoms with Gasteiger partial charge in [0.05, 0.1) is 17.5 Å². The fourth-order valence-electron chi connectivity index (χ4n) is 3.90. The minimum atomic E-state index is -3.81. The minimum absolute atomic E-state index is 0.0556. The van der Waals surface area contributed by atoms with Crippen molar-refractivity contribution in [2.24, 2.45) is 0 Å². The molecule has 2 heterocycles. The molecule has 1 unspecified atom stereocenters. The predicted molar refractivity (Wildman–Crippen MR) is 132 cm³/mol. The van der Waals surface area contributed by atoms with Crippen molar-refractivity contribution in [2.45, 2.75) is 30.7 Å². The van der Waals surface area contributed by atoms with E-state index in [2.05, 4.69) is 29.7 Å². The molecule has 2 N–H and O–H groups in total. The summed E-state index contributed by atoms with van der Waals surface area (Å²) < 4.78 is 26.9. The molecule has 34 heavy (non-hydrogen) atoms. The third-order valence-electron chi connectivity index (χ3n) is 5.71. The van der Waals surface area contributed by atoms with Crippen LogP contribution >= 0.6 is 11.3 Å². The van der Waals surface area contributed by atoms with Crippen LogP contribution in [0.1, 0.15) is 45.7 Å². The highest BCUT2D eigenvalue weighted by Gasteiger charge is 2.29. The third kappa shape index (κ3) is 5.38. The highest BCUT2D eigenvalue weighted by molar-refractivity contribution is 7.89. The Bertz CT molecular complexity index is 1240. The van der Waals surface area contributed by atoms with Crippen LogP contribution < -0.4 is 10.6 Å². The van der Waals surface area contributed by atoms with Crippen LogP contribution in [0.25, 0.3) is 0 Å². The highest BCUT2D eigenvalue weighted by atomic mass is 32.2. The molecule has 0 bridgehead atoms. The van der Waals surface area contributed by atoms with Gasteiger partial charge in [-0.25, -0.2) is 8.42 Å². The van der Waals surface area contributed by atoms with E-state index in [0.717, 1.165) is 27.6 Å². The summed E-state index contributed by atoms with van der Waals surface area (Å²) in [6.45, 7) is 2.43. The summed E-state index contributed by atoms with van der Waals surface area (Å²) >= 11 is 1.57. The Morgan fingerprint density at radius 3 is 2.47 bits per heavy atom. The van der Waals surface area contributed by atoms with Gasteiger partial charge in [0.2, 0.25) is 15.9 Å². The summed E-state index contributed by atoms with van der Waals surface area (Å²) in [5.41, 5.74) is 2.60. The molecule has 0 aliphatic carbocycles. The molecular formula is C25H27N3O4S2. The summed E-state index contributed by atoms with van der Waals surface area (Å²) in [7, 11) is -3.81. The maximum absolute atomic E-state index is 13.1. The van der Waals surface area contributed by atoms with Gasteiger partial charge in [-0.2, -0.15) is 4.31 Å². The molecule has 3 aromatic rings. The minimum Gasteiger partial charge on any atom is -0.354 e. The number of nitrogens with zero attached hydrogens (tertiary/aromatic N) is 1. The second-order valence-electron chi connectivity index (χ2n) is 8.13. The average molecular weight is 498 g/mol. The molecule has 0 saturated carbocycles. The van der Waals surface area contributed by atoms with Crippen LogP contribution in [-0.2, 0) is 21.2 Å². The van der Waals surface area contributed by atoms with Crippen LogP contribution in [0.4, 0.5) is 0 Å². The molecule has 2 aromatic carbocycles. The number of benzene rings is 2. The molecular weight excluding hydrogens is 470 g/mol. The van der Waals surface area contributed by atoms with Crippen LogP contribution in [0.3, 0.4) is 0 Å². The molecule has 178 valence electrons. The van der Waals surface area contributed by atoms with E-state index < -0.39 is 10.0 Å². The third-order valence-corrected chi connectivity index (χ3v) is 8.51. The highest BCUT2D eigenvalue weighted by Crippen LogP contribution is 2.27. The maximum Gasteiger partial charge on any atom is 0.252 e. The lowest BCUT2D eigenvalue weighted by molar-refractivity contribution is -0.122. The van der Waals surface area contributed by atoms with Gasteiger partial charge >= 0.3 is 0 Å². The first-order valence-corrected chi connectivity index (χ1v) is 13.5. The van der Waals surface area contributed by atoms with Gasteiger partial charge in [-0.1, -0.05) is 43.7 Å². The van der Waals surface area contributed by atoms with Crippen LogP contribution in [0.5, 0.6) is 0 Å². The maximum atomic E-state index is 13.1. The van der Waals surface area contributed by atoms with Crippen molar-refractivity contribution in [3.63, 3.8) is 0 Å². The van der Waals surface area contributed by atoms with E-state index >= 15 is 0 Å². The Morgan fingerprint density at radius 2 is 1.85 bits per heavy atom. The van der Waals surface area contributed by atoms with Gasteiger partial charge in [0, 0.05) is 23.5 Å². The van der Waals surface area contributed by atoms with E-state index in [4.69, 9.17) is 0 Å². The van der Waals surface area contributed by atoms with E-state index in [0.29, 0.717) is 5.56 Å². The van der Waals surface area contributed by atoms with Crippen molar-refractivity contribution in [3.05, 3.63) is 87.6 Å². The molecule has 2 amide bonds. The predicted octanol–water partition coefficient (Wildman–Crippen LogP) is 3.34. The monoisotopic (exact) mass is 497 g/mol. The lowest BCUT2D eigenvalue weighted by Gasteiger charge is -2.26. The zero-order valence-electron chi connectivity index (χ0n) is 18.9. The summed E-state index contributed by atoms with van der Waals surface area (Å²) in [4.78, 5) is 25.7. The smallest absolute Gasteiger partial charge is 0.252 e. The normalized spacial score (nSPS) is 15.5. The Hall–Kier alpha value is -3.01. The van der Waals surface area contributed by atoms with E-state index in [9.17, 15) is 18.0 Å². The first kappa shape index (κ1) is 24.1. The van der Waals surface area contributed by atoms with Gasteiger partial charge in [-0.05, 0) is 53.3 Å². The molecule has 4 rings (SSSR count). The summed E-state index contributed by atoms with van der Waals surface area (Å²) in [6.07, 6.45) is 2.08. The van der Waals surface area contributed by atoms with Crippen molar-refractivity contribution in [2.75, 3.05) is 19.6 Å². The van der Waals surface area contributed by atoms with Gasteiger partial charge in [-0.3, -0.25) is 9.59 Å². The number of carbonyl (C=O) groups is 2. The first-order valence-electron chi connectivity index (χ1n) is 11.2. The molecule has 1 aliphatic heterocycles. The van der Waals surface area contributed by atoms with Crippen molar-refractivity contribution in [3.8, 4) is 0 Å². The van der Waals surface area contributed by atoms with Gasteiger partial charge in [0.1, 0.15) is 0 Å². The molecule has 9 heteroatoms. The number of hydrogen-bond donors (Lipinski definition) is 2. The SMILES string of the molecule is CCCc1ccc(C(NC(=O)c2ccc(S(=O)(=O)N3CCNC(=O)C3)cc2)c2cccs2)cc1. The number of hydrogen-bond acceptors (Lipinski definition) is 5. The number of amides is 2. The topological polar surface area (TPSA) is 95.6 Å². The van der Waals surface area contributed by atoms with Crippen LogP contribution in [0.2, 0.25) is 0 Å². The van der Waals surface area contributed by atoms with Crippen molar-refractivity contribution >= 4 is 33.2 Å². The number of rotatable bonds is 8. The number of nitrogens with one attached hydrogen (secondary N) is 2. The van der Waals surface area contributed by atoms with E-state index in [1.54, 1.807) is 11.3 Å². The van der Waals surface area contributed by atoms with Gasteiger partial charge in [0.15, 0.2) is 0 Å². The molecule has 1 atom stereocenters. The molecule has 0 spiro atoms. The molecule has 1 aromatic heterocycles. The fraction of sp³-hybridized carbons (Fsp3) is 0.280. The van der Waals surface area contributed by atoms with Gasteiger partial charge < -0.3 is 10.6 Å². The number of carbonyl (C=O) groups excluding carboxylic acids is 2. The van der Waals surface area contributed by atoms with Crippen molar-refractivity contribution < 1.29 is 18.0 Å². The molecule has 1 fully saturated rings. The molecule has 1 saturated heterocycles. The van der Waals surface area contributed by atoms with Crippen molar-refractivity contribution in [1.82, 2.24) is 14.9 Å². The molecule has 1 aliphatic rings. The Balaban J connectivity index is 1.52. The van der Waals surface area contributed by atoms with Crippen LogP contribution in [0, 0.1) is 0 Å². The zero-order chi connectivity index (χ0) is 24.1. The fourth-order valence-corrected chi connectivity index (χ4v) is 6.10. The second kappa shape index (κ2) is 10.5. The molecule has 7 nitrogen and oxygen atoms in total. The number of sulfonamides is 1. The first-order chi connectivity index (χ1) is 16.4. The largest absolute Gasteiger partial charge is 0.354 e. The van der Waals surface area contributed by atoms with Gasteiger partial charge in [-0.15, -0.1) is 11.3 Å². The standard InChI is InChI=1S/C25H27N3O4S2/c1-2-4-18-6-8-19(9-7-18)24(22-5-3-16-33-22)27-25(30)20-10-12-21(13-11-20)34(31,32)28-15-14-26-23(29)17-28/h3,5-13,16,24H,2,4,14-15,17H2,1H3,(H,26,29)(H,27,30). The summed E-state index contributed by atoms with van der Waals surface area (Å²) in [5.74, 6) is -0.620. The van der Waals surface area contributed by atoms with E-state index in [1.807, 2.05) is 29.6 Å². The van der Waals surface area contributed by atoms with Crippen LogP contribution in [-0.4, -0.2) is 44.2 Å². The van der Waals surface area contributed by atoms with E-state index in [1.165, 1.54) is 29.8 Å². The van der Waals surface area contributed by atoms with Gasteiger partial charge in [0.25, 0.3) is 5.91 Å². The van der Waals surface area contributed by atoms with Crippen LogP contribution in [0.15, 0.2) is 70.9 Å². The zero-order valence-corrected chi connectivity index (χ0v) is 20.5. The summed E-state index contributed by atoms with van der Waals surface area (Å²) in [6, 6.07) is 17.7. The number of thiophene rings is 1. The van der Waals surface area contributed by atoms with E-state index in [-0.39, 0.29) is 42.4 Å². The summed E-state index contributed by atoms with van der Waals surface area (Å²) in [5, 5.41) is 7.68. The van der Waals surface area contributed by atoms with Crippen molar-refractivity contribution in [1.29, 1.82) is 0 Å². The Labute approximate surface area is 203 Å². The molecule has 0 radical (unpaired) electrons. The second-order valence-corrected chi connectivity index (χ2v) is 11.0. The average Bonchev–Trinajstić information content (AvgIpc) is 3.38. The number of aryl methyl sites for hydroxylation is 1. The quantitative estimate of drug-likeness (QED) is 0.499. The lowest BCUT2D eigenvalue weighted by Crippen LogP contribution is -2.49. The Kier molecular flexibility index (Phi) is 7.45.